The van der Waals surface area contributed by atoms with Crippen LogP contribution in [0, 0.1) is 5.92 Å². The number of carbonyl (C=O) groups is 1. The fourth-order valence-electron chi connectivity index (χ4n) is 2.91. The Labute approximate surface area is 141 Å². The van der Waals surface area contributed by atoms with Gasteiger partial charge in [-0.15, -0.1) is 12.4 Å². The van der Waals surface area contributed by atoms with Gasteiger partial charge in [0.05, 0.1) is 17.8 Å². The molecule has 3 rings (SSSR count). The van der Waals surface area contributed by atoms with E-state index in [2.05, 4.69) is 10.4 Å². The molecular weight excluding hydrogens is 316 g/mol. The van der Waals surface area contributed by atoms with E-state index in [9.17, 15) is 4.79 Å². The van der Waals surface area contributed by atoms with Gasteiger partial charge in [0.2, 0.25) is 5.91 Å². The summed E-state index contributed by atoms with van der Waals surface area (Å²) in [6, 6.07) is 5.30. The van der Waals surface area contributed by atoms with E-state index in [1.54, 1.807) is 0 Å². The van der Waals surface area contributed by atoms with Crippen molar-refractivity contribution in [2.24, 2.45) is 11.7 Å². The first kappa shape index (κ1) is 17.7. The Bertz CT molecular complexity index is 667. The van der Waals surface area contributed by atoms with Crippen LogP contribution in [0.25, 0.3) is 10.9 Å². The van der Waals surface area contributed by atoms with Crippen LogP contribution >= 0.6 is 12.4 Å². The molecule has 1 aromatic heterocycles. The van der Waals surface area contributed by atoms with Crippen LogP contribution in [-0.4, -0.2) is 34.9 Å². The number of hydrogen-bond acceptors (Lipinski definition) is 4. The Morgan fingerprint density at radius 2 is 2.22 bits per heavy atom. The van der Waals surface area contributed by atoms with Crippen molar-refractivity contribution < 1.29 is 9.53 Å². The highest BCUT2D eigenvalue weighted by atomic mass is 35.5. The maximum Gasteiger partial charge on any atom is 0.241 e. The zero-order valence-electron chi connectivity index (χ0n) is 13.2. The summed E-state index contributed by atoms with van der Waals surface area (Å²) >= 11 is 0. The third kappa shape index (κ3) is 3.83. The molecule has 1 aromatic carbocycles. The van der Waals surface area contributed by atoms with E-state index in [1.807, 2.05) is 36.0 Å². The number of nitrogens with zero attached hydrogens (tertiary/aromatic N) is 2. The second kappa shape index (κ2) is 7.77. The molecule has 0 aliphatic carbocycles. The molecule has 1 fully saturated rings. The molecule has 6 nitrogen and oxygen atoms in total. The zero-order chi connectivity index (χ0) is 15.5. The second-order valence-electron chi connectivity index (χ2n) is 5.70. The molecule has 0 saturated carbocycles. The lowest BCUT2D eigenvalue weighted by molar-refractivity contribution is -0.119. The minimum absolute atomic E-state index is 0. The number of rotatable bonds is 4. The number of anilines is 1. The van der Waals surface area contributed by atoms with Crippen molar-refractivity contribution in [1.29, 1.82) is 0 Å². The summed E-state index contributed by atoms with van der Waals surface area (Å²) in [6.45, 7) is 4.21. The van der Waals surface area contributed by atoms with Crippen LogP contribution in [0.2, 0.25) is 0 Å². The number of amides is 1. The van der Waals surface area contributed by atoms with E-state index in [-0.39, 0.29) is 24.2 Å². The predicted molar refractivity (Wildman–Crippen MR) is 92.8 cm³/mol. The number of ether oxygens (including phenoxy) is 1. The predicted octanol–water partition coefficient (Wildman–Crippen LogP) is 2.17. The van der Waals surface area contributed by atoms with Crippen LogP contribution in [0.5, 0.6) is 0 Å². The maximum absolute atomic E-state index is 12.3. The first-order valence-electron chi connectivity index (χ1n) is 7.79. The van der Waals surface area contributed by atoms with Crippen LogP contribution in [-0.2, 0) is 16.1 Å². The third-order valence-electron chi connectivity index (χ3n) is 4.29. The van der Waals surface area contributed by atoms with E-state index in [1.165, 1.54) is 0 Å². The molecule has 1 aliphatic rings. The number of nitrogens with two attached hydrogens (primary N) is 1. The largest absolute Gasteiger partial charge is 0.381 e. The van der Waals surface area contributed by atoms with Gasteiger partial charge in [-0.1, -0.05) is 0 Å². The number of aryl methyl sites for hydroxylation is 1. The Morgan fingerprint density at radius 1 is 1.48 bits per heavy atom. The molecule has 2 heterocycles. The number of fused-ring (bicyclic) bond motifs is 1. The second-order valence-corrected chi connectivity index (χ2v) is 5.70. The van der Waals surface area contributed by atoms with Gasteiger partial charge >= 0.3 is 0 Å². The molecule has 0 radical (unpaired) electrons. The van der Waals surface area contributed by atoms with E-state index < -0.39 is 6.04 Å². The van der Waals surface area contributed by atoms with Gasteiger partial charge in [0, 0.05) is 30.8 Å². The van der Waals surface area contributed by atoms with Gasteiger partial charge < -0.3 is 15.8 Å². The first-order valence-corrected chi connectivity index (χ1v) is 7.79. The van der Waals surface area contributed by atoms with Crippen molar-refractivity contribution in [3.05, 3.63) is 24.4 Å². The van der Waals surface area contributed by atoms with E-state index in [0.717, 1.165) is 36.0 Å². The van der Waals surface area contributed by atoms with Gasteiger partial charge in [0.1, 0.15) is 0 Å². The summed E-state index contributed by atoms with van der Waals surface area (Å²) in [4.78, 5) is 12.3. The van der Waals surface area contributed by atoms with Crippen LogP contribution in [0.1, 0.15) is 19.8 Å². The fourth-order valence-corrected chi connectivity index (χ4v) is 2.91. The molecule has 2 aromatic rings. The standard InChI is InChI=1S/C16H22N4O2.ClH/c1-2-20-14-9-13(4-3-12(14)10-18-20)19-16(21)15(17)11-5-7-22-8-6-11;/h3-4,9-11,15H,2,5-8,17H2,1H3,(H,19,21);1H. The maximum atomic E-state index is 12.3. The highest BCUT2D eigenvalue weighted by molar-refractivity contribution is 5.96. The van der Waals surface area contributed by atoms with Crippen molar-refractivity contribution in [2.75, 3.05) is 18.5 Å². The monoisotopic (exact) mass is 338 g/mol. The Balaban J connectivity index is 0.00000192. The highest BCUT2D eigenvalue weighted by Gasteiger charge is 2.26. The van der Waals surface area contributed by atoms with Gasteiger partial charge in [-0.2, -0.15) is 5.10 Å². The first-order chi connectivity index (χ1) is 10.7. The number of hydrogen-bond donors (Lipinski definition) is 2. The van der Waals surface area contributed by atoms with Gasteiger partial charge in [0.15, 0.2) is 0 Å². The minimum Gasteiger partial charge on any atom is -0.381 e. The molecule has 0 bridgehead atoms. The van der Waals surface area contributed by atoms with E-state index in [4.69, 9.17) is 10.5 Å². The van der Waals surface area contributed by atoms with Crippen LogP contribution in [0.15, 0.2) is 24.4 Å². The Hall–Kier alpha value is -1.63. The molecule has 3 N–H and O–H groups in total. The van der Waals surface area contributed by atoms with Gasteiger partial charge in [0.25, 0.3) is 0 Å². The summed E-state index contributed by atoms with van der Waals surface area (Å²) in [5.41, 5.74) is 7.88. The molecule has 1 atom stereocenters. The molecule has 1 aliphatic heterocycles. The molecule has 1 amide bonds. The van der Waals surface area contributed by atoms with E-state index >= 15 is 0 Å². The number of benzene rings is 1. The molecule has 1 unspecified atom stereocenters. The van der Waals surface area contributed by atoms with Gasteiger partial charge in [-0.05, 0) is 43.9 Å². The normalized spacial score (nSPS) is 16.8. The lowest BCUT2D eigenvalue weighted by atomic mass is 9.92. The number of halogens is 1. The highest BCUT2D eigenvalue weighted by Crippen LogP contribution is 2.21. The number of aromatic nitrogens is 2. The zero-order valence-corrected chi connectivity index (χ0v) is 14.0. The minimum atomic E-state index is -0.490. The van der Waals surface area contributed by atoms with Crippen molar-refractivity contribution >= 4 is 34.9 Å². The molecular formula is C16H23ClN4O2. The summed E-state index contributed by atoms with van der Waals surface area (Å²) in [7, 11) is 0. The average Bonchev–Trinajstić information content (AvgIpc) is 2.97. The summed E-state index contributed by atoms with van der Waals surface area (Å²) < 4.78 is 7.22. The third-order valence-corrected chi connectivity index (χ3v) is 4.29. The van der Waals surface area contributed by atoms with E-state index in [0.29, 0.717) is 13.2 Å². The number of nitrogens with one attached hydrogen (secondary N) is 1. The van der Waals surface area contributed by atoms with Crippen molar-refractivity contribution in [1.82, 2.24) is 9.78 Å². The molecule has 23 heavy (non-hydrogen) atoms. The lowest BCUT2D eigenvalue weighted by Crippen LogP contribution is -2.44. The smallest absolute Gasteiger partial charge is 0.241 e. The number of carbonyl (C=O) groups excluding carboxylic acids is 1. The quantitative estimate of drug-likeness (QED) is 0.895. The molecule has 0 spiro atoms. The topological polar surface area (TPSA) is 82.2 Å². The van der Waals surface area contributed by atoms with Crippen molar-refractivity contribution in [2.45, 2.75) is 32.4 Å². The lowest BCUT2D eigenvalue weighted by Gasteiger charge is -2.26. The van der Waals surface area contributed by atoms with Gasteiger partial charge in [-0.25, -0.2) is 0 Å². The average molecular weight is 339 g/mol. The Kier molecular flexibility index (Phi) is 5.98. The fraction of sp³-hybridized carbons (Fsp3) is 0.500. The summed E-state index contributed by atoms with van der Waals surface area (Å²) in [5, 5.41) is 8.30. The van der Waals surface area contributed by atoms with Gasteiger partial charge in [-0.3, -0.25) is 9.48 Å². The van der Waals surface area contributed by atoms with Crippen LogP contribution < -0.4 is 11.1 Å². The Morgan fingerprint density at radius 3 is 2.91 bits per heavy atom. The van der Waals surface area contributed by atoms with Crippen molar-refractivity contribution in [3.8, 4) is 0 Å². The van der Waals surface area contributed by atoms with Crippen molar-refractivity contribution in [3.63, 3.8) is 0 Å². The van der Waals surface area contributed by atoms with Crippen LogP contribution in [0.3, 0.4) is 0 Å². The molecule has 126 valence electrons. The SMILES string of the molecule is CCn1ncc2ccc(NC(=O)C(N)C3CCOCC3)cc21.Cl. The summed E-state index contributed by atoms with van der Waals surface area (Å²) in [5.74, 6) is 0.0625. The molecule has 1 saturated heterocycles. The summed E-state index contributed by atoms with van der Waals surface area (Å²) in [6.07, 6.45) is 3.52. The molecule has 7 heteroatoms. The van der Waals surface area contributed by atoms with Crippen LogP contribution in [0.4, 0.5) is 5.69 Å².